The average molecular weight is 213 g/mol. The number of likely N-dealkylation sites (N-methyl/N-ethyl adjacent to an activating group) is 1. The number of hydrogen-bond donors (Lipinski definition) is 1. The molecule has 1 saturated heterocycles. The number of unbranched alkanes of at least 4 members (excludes halogenated alkanes) is 1. The van der Waals surface area contributed by atoms with Gasteiger partial charge in [-0.25, -0.2) is 0 Å². The molecule has 1 heterocycles. The van der Waals surface area contributed by atoms with E-state index < -0.39 is 0 Å². The Labute approximate surface area is 94.6 Å². The Morgan fingerprint density at radius 3 is 2.20 bits per heavy atom. The maximum Gasteiger partial charge on any atom is 0.0167 e. The zero-order valence-corrected chi connectivity index (χ0v) is 10.4. The van der Waals surface area contributed by atoms with E-state index in [0.717, 1.165) is 6.54 Å². The van der Waals surface area contributed by atoms with Crippen molar-refractivity contribution < 1.29 is 0 Å². The van der Waals surface area contributed by atoms with Gasteiger partial charge in [-0.1, -0.05) is 26.7 Å². The number of hydrogen-bond acceptors (Lipinski definition) is 3. The van der Waals surface area contributed by atoms with E-state index in [2.05, 4.69) is 23.6 Å². The molecule has 0 aromatic carbocycles. The lowest BCUT2D eigenvalue weighted by Gasteiger charge is -2.35. The Bertz CT molecular complexity index is 153. The second kappa shape index (κ2) is 7.20. The Balaban J connectivity index is 2.12. The van der Waals surface area contributed by atoms with Crippen LogP contribution >= 0.6 is 0 Å². The van der Waals surface area contributed by atoms with Gasteiger partial charge in [0.1, 0.15) is 0 Å². The standard InChI is InChI=1S/C12H27N3/c1-3-5-6-12(13)11-15-9-7-14(4-2)8-10-15/h12H,3-11,13H2,1-2H3. The summed E-state index contributed by atoms with van der Waals surface area (Å²) in [6.45, 7) is 11.6. The Morgan fingerprint density at radius 1 is 1.07 bits per heavy atom. The van der Waals surface area contributed by atoms with Crippen LogP contribution in [0.15, 0.2) is 0 Å². The molecule has 1 atom stereocenters. The quantitative estimate of drug-likeness (QED) is 0.718. The van der Waals surface area contributed by atoms with E-state index in [1.807, 2.05) is 0 Å². The van der Waals surface area contributed by atoms with Gasteiger partial charge in [-0.3, -0.25) is 4.90 Å². The minimum Gasteiger partial charge on any atom is -0.327 e. The fraction of sp³-hybridized carbons (Fsp3) is 1.00. The molecule has 0 aromatic heterocycles. The summed E-state index contributed by atoms with van der Waals surface area (Å²) in [5, 5.41) is 0. The normalized spacial score (nSPS) is 21.8. The predicted molar refractivity (Wildman–Crippen MR) is 66.1 cm³/mol. The summed E-state index contributed by atoms with van der Waals surface area (Å²) in [6, 6.07) is 0.387. The van der Waals surface area contributed by atoms with Crippen molar-refractivity contribution in [1.82, 2.24) is 9.80 Å². The van der Waals surface area contributed by atoms with Crippen LogP contribution in [0.1, 0.15) is 33.1 Å². The zero-order chi connectivity index (χ0) is 11.1. The molecule has 0 spiro atoms. The third-order valence-electron chi connectivity index (χ3n) is 3.33. The third-order valence-corrected chi connectivity index (χ3v) is 3.33. The van der Waals surface area contributed by atoms with Crippen LogP contribution in [0.5, 0.6) is 0 Å². The summed E-state index contributed by atoms with van der Waals surface area (Å²) in [6.07, 6.45) is 3.72. The van der Waals surface area contributed by atoms with Gasteiger partial charge < -0.3 is 10.6 Å². The first-order valence-corrected chi connectivity index (χ1v) is 6.46. The lowest BCUT2D eigenvalue weighted by atomic mass is 10.1. The molecule has 90 valence electrons. The van der Waals surface area contributed by atoms with E-state index in [9.17, 15) is 0 Å². The monoisotopic (exact) mass is 213 g/mol. The van der Waals surface area contributed by atoms with Crippen LogP contribution in [0.3, 0.4) is 0 Å². The summed E-state index contributed by atoms with van der Waals surface area (Å²) >= 11 is 0. The molecular formula is C12H27N3. The highest BCUT2D eigenvalue weighted by Gasteiger charge is 2.16. The average Bonchev–Trinajstić information content (AvgIpc) is 2.27. The van der Waals surface area contributed by atoms with Crippen molar-refractivity contribution in [1.29, 1.82) is 0 Å². The molecule has 0 aliphatic carbocycles. The van der Waals surface area contributed by atoms with E-state index in [-0.39, 0.29) is 0 Å². The SMILES string of the molecule is CCCCC(N)CN1CCN(CC)CC1. The molecule has 0 bridgehead atoms. The second-order valence-electron chi connectivity index (χ2n) is 4.64. The molecule has 1 unspecified atom stereocenters. The maximum atomic E-state index is 6.10. The fourth-order valence-electron chi connectivity index (χ4n) is 2.18. The summed E-state index contributed by atoms with van der Waals surface area (Å²) in [5.41, 5.74) is 6.10. The van der Waals surface area contributed by atoms with Gasteiger partial charge in [0.15, 0.2) is 0 Å². The maximum absolute atomic E-state index is 6.10. The van der Waals surface area contributed by atoms with Gasteiger partial charge in [-0.05, 0) is 13.0 Å². The van der Waals surface area contributed by atoms with Crippen LogP contribution in [0.2, 0.25) is 0 Å². The number of piperazine rings is 1. The van der Waals surface area contributed by atoms with Crippen LogP contribution in [0.25, 0.3) is 0 Å². The first kappa shape index (κ1) is 12.9. The van der Waals surface area contributed by atoms with E-state index in [1.165, 1.54) is 52.0 Å². The largest absolute Gasteiger partial charge is 0.327 e. The van der Waals surface area contributed by atoms with E-state index in [4.69, 9.17) is 5.73 Å². The van der Waals surface area contributed by atoms with Gasteiger partial charge >= 0.3 is 0 Å². The van der Waals surface area contributed by atoms with Crippen molar-refractivity contribution in [3.05, 3.63) is 0 Å². The summed E-state index contributed by atoms with van der Waals surface area (Å²) < 4.78 is 0. The van der Waals surface area contributed by atoms with Gasteiger partial charge in [-0.15, -0.1) is 0 Å². The molecule has 3 heteroatoms. The van der Waals surface area contributed by atoms with Crippen molar-refractivity contribution in [2.45, 2.75) is 39.2 Å². The van der Waals surface area contributed by atoms with Crippen LogP contribution in [-0.2, 0) is 0 Å². The molecule has 1 aliphatic heterocycles. The Hall–Kier alpha value is -0.120. The van der Waals surface area contributed by atoms with Crippen molar-refractivity contribution in [3.63, 3.8) is 0 Å². The smallest absolute Gasteiger partial charge is 0.0167 e. The number of nitrogens with two attached hydrogens (primary N) is 1. The van der Waals surface area contributed by atoms with Crippen molar-refractivity contribution in [2.24, 2.45) is 5.73 Å². The molecule has 0 radical (unpaired) electrons. The van der Waals surface area contributed by atoms with Crippen LogP contribution in [0.4, 0.5) is 0 Å². The molecule has 1 aliphatic rings. The van der Waals surface area contributed by atoms with Crippen molar-refractivity contribution >= 4 is 0 Å². The third kappa shape index (κ3) is 4.96. The van der Waals surface area contributed by atoms with E-state index in [0.29, 0.717) is 6.04 Å². The highest BCUT2D eigenvalue weighted by molar-refractivity contribution is 4.75. The first-order valence-electron chi connectivity index (χ1n) is 6.46. The molecule has 0 aromatic rings. The zero-order valence-electron chi connectivity index (χ0n) is 10.4. The van der Waals surface area contributed by atoms with Gasteiger partial charge in [0.25, 0.3) is 0 Å². The molecular weight excluding hydrogens is 186 g/mol. The molecule has 0 saturated carbocycles. The minimum absolute atomic E-state index is 0.387. The Morgan fingerprint density at radius 2 is 1.67 bits per heavy atom. The molecule has 15 heavy (non-hydrogen) atoms. The topological polar surface area (TPSA) is 32.5 Å². The highest BCUT2D eigenvalue weighted by atomic mass is 15.3. The predicted octanol–water partition coefficient (Wildman–Crippen LogP) is 1.14. The van der Waals surface area contributed by atoms with Crippen LogP contribution < -0.4 is 5.73 Å². The Kier molecular flexibility index (Phi) is 6.22. The minimum atomic E-state index is 0.387. The summed E-state index contributed by atoms with van der Waals surface area (Å²) in [4.78, 5) is 5.03. The lowest BCUT2D eigenvalue weighted by molar-refractivity contribution is 0.130. The van der Waals surface area contributed by atoms with Crippen molar-refractivity contribution in [2.75, 3.05) is 39.3 Å². The molecule has 0 amide bonds. The molecule has 2 N–H and O–H groups in total. The fourth-order valence-corrected chi connectivity index (χ4v) is 2.18. The van der Waals surface area contributed by atoms with Gasteiger partial charge in [-0.2, -0.15) is 0 Å². The second-order valence-corrected chi connectivity index (χ2v) is 4.64. The van der Waals surface area contributed by atoms with E-state index >= 15 is 0 Å². The highest BCUT2D eigenvalue weighted by Crippen LogP contribution is 2.04. The van der Waals surface area contributed by atoms with Crippen LogP contribution in [-0.4, -0.2) is 55.1 Å². The number of nitrogens with zero attached hydrogens (tertiary/aromatic N) is 2. The first-order chi connectivity index (χ1) is 7.26. The molecule has 1 fully saturated rings. The van der Waals surface area contributed by atoms with Gasteiger partial charge in [0.05, 0.1) is 0 Å². The molecule has 1 rings (SSSR count). The van der Waals surface area contributed by atoms with E-state index in [1.54, 1.807) is 0 Å². The van der Waals surface area contributed by atoms with Crippen molar-refractivity contribution in [3.8, 4) is 0 Å². The summed E-state index contributed by atoms with van der Waals surface area (Å²) in [5.74, 6) is 0. The van der Waals surface area contributed by atoms with Gasteiger partial charge in [0.2, 0.25) is 0 Å². The summed E-state index contributed by atoms with van der Waals surface area (Å²) in [7, 11) is 0. The number of rotatable bonds is 6. The van der Waals surface area contributed by atoms with Crippen LogP contribution in [0, 0.1) is 0 Å². The molecule has 3 nitrogen and oxygen atoms in total. The lowest BCUT2D eigenvalue weighted by Crippen LogP contribution is -2.49. The van der Waals surface area contributed by atoms with Gasteiger partial charge in [0, 0.05) is 38.8 Å².